The Kier molecular flexibility index (Phi) is 26.0. The number of aryl methyl sites for hydroxylation is 1. The van der Waals surface area contributed by atoms with Gasteiger partial charge in [0.05, 0.1) is 18.0 Å². The van der Waals surface area contributed by atoms with Gasteiger partial charge >= 0.3 is 0 Å². The average Bonchev–Trinajstić information content (AvgIpc) is 1.45. The Balaban J connectivity index is 0.712. The highest BCUT2D eigenvalue weighted by molar-refractivity contribution is 7.89. The van der Waals surface area contributed by atoms with Crippen LogP contribution < -0.4 is 42.1 Å². The van der Waals surface area contributed by atoms with Gasteiger partial charge in [-0.2, -0.15) is 8.88 Å². The number of sulfonamides is 1. The van der Waals surface area contributed by atoms with Gasteiger partial charge in [0.2, 0.25) is 62.8 Å². The molecular weight excluding hydrogens is 1290 g/mol. The maximum absolute atomic E-state index is 14.7. The lowest BCUT2D eigenvalue weighted by Gasteiger charge is -2.30. The number of benzene rings is 5. The fraction of sp³-hybridized carbons (Fsp3) is 0.377. The van der Waals surface area contributed by atoms with Gasteiger partial charge in [-0.3, -0.25) is 48.1 Å². The predicted molar refractivity (Wildman–Crippen MR) is 384 cm³/mol. The highest BCUT2D eigenvalue weighted by Crippen LogP contribution is 2.46. The minimum absolute atomic E-state index is 0.0358. The minimum atomic E-state index is -3.97. The van der Waals surface area contributed by atoms with Gasteiger partial charge in [-0.25, -0.2) is 8.42 Å². The van der Waals surface area contributed by atoms with Gasteiger partial charge < -0.3 is 42.1 Å². The van der Waals surface area contributed by atoms with Crippen LogP contribution >= 0.6 is 0 Å². The molecule has 3 atom stereocenters. The summed E-state index contributed by atoms with van der Waals surface area (Å²) in [4.78, 5) is 119. The number of para-hydroxylation sites is 2. The molecule has 23 heteroatoms. The molecular formula is C77H92N11O11S+. The van der Waals surface area contributed by atoms with Crippen molar-refractivity contribution in [2.24, 2.45) is 17.8 Å². The number of rotatable bonds is 32. The maximum atomic E-state index is 14.7. The topological polar surface area (TPSA) is 285 Å². The van der Waals surface area contributed by atoms with E-state index >= 15 is 0 Å². The first-order chi connectivity index (χ1) is 48.0. The van der Waals surface area contributed by atoms with E-state index in [1.54, 1.807) is 36.4 Å². The number of amides is 9. The molecule has 2 aliphatic carbocycles. The van der Waals surface area contributed by atoms with Crippen LogP contribution in [0, 0.1) is 24.7 Å². The number of piperidine rings is 1. The van der Waals surface area contributed by atoms with Crippen LogP contribution in [0.2, 0.25) is 0 Å². The number of hydrogen-bond acceptors (Lipinski definition) is 12. The number of imide groups is 1. The van der Waals surface area contributed by atoms with Crippen LogP contribution in [0.4, 0.5) is 17.1 Å². The smallest absolute Gasteiger partial charge is 0.253 e. The predicted octanol–water partition coefficient (Wildman–Crippen LogP) is 7.00. The summed E-state index contributed by atoms with van der Waals surface area (Å²) in [6, 6.07) is 39.9. The Hall–Kier alpha value is -10.1. The standard InChI is InChI=1S/C77H91N11O11S/c1-51(2)44-66(83-68(89)38-43-88-71(92)34-35-72(88)93)76(96)81-50-70(91)84-67(46-54-20-11-7-12-21-54)77(97)80-49-69(90)82-53(4)74(94)78-39-17-10-18-40-79-75(95)56-36-41-87(42-37-56)100(98,99)62-27-19-22-57(47-62)73(63-32-30-60(45-52(63)3)85(5)58-23-13-8-14-24-58)64-33-31-61(48-65(64)55-28-29-55)86(6)59-25-15-9-16-26-59/h7-9,11-16,19-27,30-35,45,47-48,51,53,55-56,66-67H,10,17-18,28-29,36-44,46,49-50H2,1-6H3,(H6-,78,79,80,81,82,83,84,89,90,91,94,95,96,97)/p+1. The number of hydrogen-bond donors (Lipinski definition) is 7. The molecule has 526 valence electrons. The number of carbonyl (C=O) groups excluding carboxylic acids is 9. The summed E-state index contributed by atoms with van der Waals surface area (Å²) in [7, 11) is 0.162. The van der Waals surface area contributed by atoms with Crippen molar-refractivity contribution in [1.82, 2.24) is 46.4 Å². The van der Waals surface area contributed by atoms with Crippen molar-refractivity contribution in [3.63, 3.8) is 0 Å². The van der Waals surface area contributed by atoms with Crippen LogP contribution in [0.25, 0.3) is 5.57 Å². The monoisotopic (exact) mass is 1380 g/mol. The second-order valence-corrected chi connectivity index (χ2v) is 28.2. The van der Waals surface area contributed by atoms with E-state index in [-0.39, 0.29) is 61.5 Å². The third-order valence-corrected chi connectivity index (χ3v) is 20.2. The quantitative estimate of drug-likeness (QED) is 0.0130. The van der Waals surface area contributed by atoms with Crippen LogP contribution in [0.15, 0.2) is 180 Å². The van der Waals surface area contributed by atoms with E-state index < -0.39 is 88.5 Å². The molecule has 2 aliphatic heterocycles. The first-order valence-electron chi connectivity index (χ1n) is 34.4. The Labute approximate surface area is 585 Å². The third-order valence-electron chi connectivity index (χ3n) is 18.3. The minimum Gasteiger partial charge on any atom is -0.356 e. The summed E-state index contributed by atoms with van der Waals surface area (Å²) < 4.78 is 33.0. The van der Waals surface area contributed by atoms with Gasteiger partial charge in [0, 0.05) is 106 Å². The van der Waals surface area contributed by atoms with Gasteiger partial charge in [0.25, 0.3) is 11.8 Å². The number of anilines is 2. The van der Waals surface area contributed by atoms with E-state index in [0.717, 1.165) is 80.5 Å². The summed E-state index contributed by atoms with van der Waals surface area (Å²) in [6.45, 7) is 7.14. The maximum Gasteiger partial charge on any atom is 0.253 e. The number of nitrogens with one attached hydrogen (secondary N) is 7. The molecule has 5 aromatic carbocycles. The van der Waals surface area contributed by atoms with Crippen LogP contribution in [0.5, 0.6) is 0 Å². The number of nitrogens with zero attached hydrogens (tertiary/aromatic N) is 4. The molecule has 9 amide bonds. The summed E-state index contributed by atoms with van der Waals surface area (Å²) in [6.07, 6.45) is 13.6. The van der Waals surface area contributed by atoms with Crippen LogP contribution in [0.1, 0.15) is 101 Å². The molecule has 0 radical (unpaired) electrons. The Morgan fingerprint density at radius 3 is 1.87 bits per heavy atom. The Morgan fingerprint density at radius 2 is 1.23 bits per heavy atom. The number of unbranched alkanes of at least 4 members (excludes halogenated alkanes) is 2. The summed E-state index contributed by atoms with van der Waals surface area (Å²) in [5, 5.41) is 18.7. The average molecular weight is 1380 g/mol. The fourth-order valence-electron chi connectivity index (χ4n) is 12.5. The molecule has 2 fully saturated rings. The molecule has 0 spiro atoms. The molecule has 100 heavy (non-hydrogen) atoms. The third kappa shape index (κ3) is 20.3. The molecule has 0 aromatic heterocycles. The number of allylic oxidation sites excluding steroid dienone is 5. The molecule has 2 heterocycles. The first-order valence-corrected chi connectivity index (χ1v) is 35.8. The van der Waals surface area contributed by atoms with E-state index in [1.807, 2.05) is 68.4 Å². The lowest BCUT2D eigenvalue weighted by molar-refractivity contribution is -0.403. The second kappa shape index (κ2) is 35.1. The van der Waals surface area contributed by atoms with Crippen molar-refractivity contribution >= 4 is 91.5 Å². The van der Waals surface area contributed by atoms with Crippen molar-refractivity contribution in [1.29, 1.82) is 0 Å². The zero-order valence-electron chi connectivity index (χ0n) is 57.8. The SMILES string of the molecule is Cc1cc(N(C)c2ccccc2)ccc1/C(=C1/C=CC(=[N+](C)c2ccccc2)C=C1C1CC1)c1cccc(S(=O)(=O)N2CCC(C(=O)NCCCCCNC(=O)C(C)NC(=O)CNC(=O)C(Cc3ccccc3)NC(=O)CNC(=O)C(CC(C)C)NC(=O)CCN3C(=O)C=CC3=O)CC2)c1. The van der Waals surface area contributed by atoms with Crippen molar-refractivity contribution in [3.8, 4) is 0 Å². The highest BCUT2D eigenvalue weighted by Gasteiger charge is 2.36. The lowest BCUT2D eigenvalue weighted by atomic mass is 9.83. The molecule has 0 bridgehead atoms. The zero-order chi connectivity index (χ0) is 71.5. The van der Waals surface area contributed by atoms with Gasteiger partial charge in [0.1, 0.15) is 25.2 Å². The van der Waals surface area contributed by atoms with Gasteiger partial charge in [-0.05, 0) is 158 Å². The van der Waals surface area contributed by atoms with Crippen LogP contribution in [0.3, 0.4) is 0 Å². The molecule has 3 unspecified atom stereocenters. The molecule has 9 rings (SSSR count). The van der Waals surface area contributed by atoms with E-state index in [1.165, 1.54) is 16.8 Å². The lowest BCUT2D eigenvalue weighted by Crippen LogP contribution is -2.54. The Bertz CT molecular complexity index is 4090. The molecule has 7 N–H and O–H groups in total. The Morgan fingerprint density at radius 1 is 0.620 bits per heavy atom. The van der Waals surface area contributed by atoms with E-state index in [4.69, 9.17) is 0 Å². The van der Waals surface area contributed by atoms with Crippen molar-refractivity contribution in [2.75, 3.05) is 64.8 Å². The van der Waals surface area contributed by atoms with Crippen LogP contribution in [-0.4, -0.2) is 159 Å². The normalized spacial score (nSPS) is 16.8. The summed E-state index contributed by atoms with van der Waals surface area (Å²) in [5.41, 5.74) is 11.0. The zero-order valence-corrected chi connectivity index (χ0v) is 58.6. The van der Waals surface area contributed by atoms with Gasteiger partial charge in [0.15, 0.2) is 0 Å². The first kappa shape index (κ1) is 74.1. The van der Waals surface area contributed by atoms with Crippen molar-refractivity contribution in [3.05, 3.63) is 197 Å². The molecule has 5 aromatic rings. The molecule has 1 saturated heterocycles. The largest absolute Gasteiger partial charge is 0.356 e. The van der Waals surface area contributed by atoms with E-state index in [2.05, 4.69) is 128 Å². The van der Waals surface area contributed by atoms with Crippen molar-refractivity contribution < 1.29 is 56.1 Å². The van der Waals surface area contributed by atoms with Crippen molar-refractivity contribution in [2.45, 2.75) is 115 Å². The van der Waals surface area contributed by atoms with E-state index in [9.17, 15) is 51.6 Å². The molecule has 22 nitrogen and oxygen atoms in total. The van der Waals surface area contributed by atoms with Crippen LogP contribution in [-0.2, 0) is 59.6 Å². The van der Waals surface area contributed by atoms with E-state index in [0.29, 0.717) is 56.7 Å². The highest BCUT2D eigenvalue weighted by atomic mass is 32.2. The summed E-state index contributed by atoms with van der Waals surface area (Å²) >= 11 is 0. The fourth-order valence-corrected chi connectivity index (χ4v) is 14.0. The summed E-state index contributed by atoms with van der Waals surface area (Å²) in [5.74, 6) is -5.01. The second-order valence-electron chi connectivity index (χ2n) is 26.3. The molecule has 4 aliphatic rings. The van der Waals surface area contributed by atoms with Gasteiger partial charge in [-0.15, -0.1) is 0 Å². The van der Waals surface area contributed by atoms with Gasteiger partial charge in [-0.1, -0.05) is 98.8 Å². The number of carbonyl (C=O) groups is 9. The molecule has 1 saturated carbocycles.